The fourth-order valence-corrected chi connectivity index (χ4v) is 3.87. The maximum Gasteiger partial charge on any atom is 0.313 e. The first-order valence-electron chi connectivity index (χ1n) is 9.36. The quantitative estimate of drug-likeness (QED) is 0.738. The Kier molecular flexibility index (Phi) is 5.73. The number of piperidine rings is 1. The summed E-state index contributed by atoms with van der Waals surface area (Å²) in [6, 6.07) is 5.79. The molecule has 0 amide bonds. The van der Waals surface area contributed by atoms with Crippen molar-refractivity contribution >= 4 is 5.97 Å². The molecule has 1 aliphatic heterocycles. The van der Waals surface area contributed by atoms with Crippen LogP contribution in [0.1, 0.15) is 31.2 Å². The number of ether oxygens (including phenoxy) is 2. The molecule has 1 heterocycles. The van der Waals surface area contributed by atoms with Crippen LogP contribution in [-0.4, -0.2) is 60.5 Å². The van der Waals surface area contributed by atoms with E-state index in [1.165, 1.54) is 0 Å². The van der Waals surface area contributed by atoms with Gasteiger partial charge in [-0.3, -0.25) is 9.69 Å². The van der Waals surface area contributed by atoms with E-state index in [4.69, 9.17) is 9.47 Å². The molecule has 6 nitrogen and oxygen atoms in total. The number of likely N-dealkylation sites (tertiary alicyclic amines) is 1. The van der Waals surface area contributed by atoms with Crippen molar-refractivity contribution in [2.75, 3.05) is 33.4 Å². The SMILES string of the molecule is COc1cc(C)ccc1OCCN1CCC(O)[C@@](CC2CC2)(C(=O)O)C1. The molecule has 1 unspecified atom stereocenters. The topological polar surface area (TPSA) is 79.2 Å². The molecule has 26 heavy (non-hydrogen) atoms. The van der Waals surface area contributed by atoms with Crippen molar-refractivity contribution in [1.29, 1.82) is 0 Å². The van der Waals surface area contributed by atoms with Crippen LogP contribution in [0.5, 0.6) is 11.5 Å². The maximum absolute atomic E-state index is 12.0. The molecule has 0 spiro atoms. The molecule has 2 N–H and O–H groups in total. The van der Waals surface area contributed by atoms with E-state index in [0.29, 0.717) is 56.5 Å². The molecule has 1 saturated carbocycles. The van der Waals surface area contributed by atoms with Crippen LogP contribution in [0.4, 0.5) is 0 Å². The number of hydrogen-bond donors (Lipinski definition) is 2. The van der Waals surface area contributed by atoms with Crippen LogP contribution >= 0.6 is 0 Å². The van der Waals surface area contributed by atoms with Crippen LogP contribution in [0.2, 0.25) is 0 Å². The zero-order chi connectivity index (χ0) is 18.7. The van der Waals surface area contributed by atoms with Crippen molar-refractivity contribution in [2.45, 2.75) is 38.7 Å². The van der Waals surface area contributed by atoms with Crippen LogP contribution < -0.4 is 9.47 Å². The molecule has 1 saturated heterocycles. The molecule has 0 aromatic heterocycles. The standard InChI is InChI=1S/C20H29NO5/c1-14-3-6-16(17(11-14)25-2)26-10-9-21-8-7-18(22)20(13-21,19(23)24)12-15-4-5-15/h3,6,11,15,18,22H,4-5,7-10,12-13H2,1-2H3,(H,23,24)/t18?,20-/m0/s1. The zero-order valence-corrected chi connectivity index (χ0v) is 15.6. The van der Waals surface area contributed by atoms with Crippen molar-refractivity contribution in [3.05, 3.63) is 23.8 Å². The van der Waals surface area contributed by atoms with Gasteiger partial charge in [-0.25, -0.2) is 0 Å². The van der Waals surface area contributed by atoms with Crippen molar-refractivity contribution < 1.29 is 24.5 Å². The number of aliphatic carboxylic acids is 1. The molecular formula is C20H29NO5. The third-order valence-electron chi connectivity index (χ3n) is 5.62. The minimum absolute atomic E-state index is 0.383. The molecule has 0 radical (unpaired) electrons. The number of aliphatic hydroxyl groups excluding tert-OH is 1. The highest BCUT2D eigenvalue weighted by Crippen LogP contribution is 2.45. The van der Waals surface area contributed by atoms with Crippen molar-refractivity contribution in [3.8, 4) is 11.5 Å². The van der Waals surface area contributed by atoms with Crippen LogP contribution in [0.3, 0.4) is 0 Å². The lowest BCUT2D eigenvalue weighted by atomic mass is 9.73. The number of rotatable bonds is 8. The Labute approximate surface area is 154 Å². The van der Waals surface area contributed by atoms with Gasteiger partial charge in [-0.2, -0.15) is 0 Å². The molecule has 1 aliphatic carbocycles. The average Bonchev–Trinajstić information content (AvgIpc) is 3.42. The smallest absolute Gasteiger partial charge is 0.313 e. The second-order valence-corrected chi connectivity index (χ2v) is 7.69. The molecule has 144 valence electrons. The van der Waals surface area contributed by atoms with Gasteiger partial charge in [0.15, 0.2) is 11.5 Å². The summed E-state index contributed by atoms with van der Waals surface area (Å²) in [4.78, 5) is 14.1. The van der Waals surface area contributed by atoms with Crippen LogP contribution in [-0.2, 0) is 4.79 Å². The normalized spacial score (nSPS) is 26.5. The van der Waals surface area contributed by atoms with Gasteiger partial charge < -0.3 is 19.7 Å². The highest BCUT2D eigenvalue weighted by atomic mass is 16.5. The van der Waals surface area contributed by atoms with Gasteiger partial charge in [0.05, 0.1) is 13.2 Å². The van der Waals surface area contributed by atoms with Gasteiger partial charge in [0.1, 0.15) is 12.0 Å². The maximum atomic E-state index is 12.0. The lowest BCUT2D eigenvalue weighted by Crippen LogP contribution is -2.56. The molecule has 1 aromatic carbocycles. The second kappa shape index (κ2) is 7.84. The van der Waals surface area contributed by atoms with Crippen LogP contribution in [0.25, 0.3) is 0 Å². The Hall–Kier alpha value is -1.79. The Morgan fingerprint density at radius 3 is 2.73 bits per heavy atom. The number of carbonyl (C=O) groups is 1. The molecule has 2 atom stereocenters. The van der Waals surface area contributed by atoms with Gasteiger partial charge in [-0.15, -0.1) is 0 Å². The third-order valence-corrected chi connectivity index (χ3v) is 5.62. The summed E-state index contributed by atoms with van der Waals surface area (Å²) in [6.45, 7) is 4.15. The van der Waals surface area contributed by atoms with Crippen LogP contribution in [0.15, 0.2) is 18.2 Å². The molecule has 2 fully saturated rings. The largest absolute Gasteiger partial charge is 0.493 e. The first-order valence-corrected chi connectivity index (χ1v) is 9.36. The predicted octanol–water partition coefficient (Wildman–Crippen LogP) is 2.32. The number of methoxy groups -OCH3 is 1. The average molecular weight is 363 g/mol. The summed E-state index contributed by atoms with van der Waals surface area (Å²) in [5.74, 6) is 0.974. The number of hydrogen-bond acceptors (Lipinski definition) is 5. The Morgan fingerprint density at radius 1 is 1.31 bits per heavy atom. The van der Waals surface area contributed by atoms with E-state index in [1.807, 2.05) is 25.1 Å². The molecule has 6 heteroatoms. The van der Waals surface area contributed by atoms with Crippen molar-refractivity contribution in [3.63, 3.8) is 0 Å². The van der Waals surface area contributed by atoms with Gasteiger partial charge in [-0.05, 0) is 43.4 Å². The van der Waals surface area contributed by atoms with Gasteiger partial charge in [0.25, 0.3) is 0 Å². The van der Waals surface area contributed by atoms with E-state index >= 15 is 0 Å². The van der Waals surface area contributed by atoms with E-state index in [-0.39, 0.29) is 0 Å². The summed E-state index contributed by atoms with van der Waals surface area (Å²) >= 11 is 0. The monoisotopic (exact) mass is 363 g/mol. The Balaban J connectivity index is 1.59. The van der Waals surface area contributed by atoms with E-state index in [1.54, 1.807) is 7.11 Å². The first-order chi connectivity index (χ1) is 12.4. The van der Waals surface area contributed by atoms with E-state index < -0.39 is 17.5 Å². The number of aryl methyl sites for hydroxylation is 1. The lowest BCUT2D eigenvalue weighted by Gasteiger charge is -2.43. The number of carboxylic acids is 1. The van der Waals surface area contributed by atoms with E-state index in [0.717, 1.165) is 18.4 Å². The highest BCUT2D eigenvalue weighted by molar-refractivity contribution is 5.76. The summed E-state index contributed by atoms with van der Waals surface area (Å²) < 4.78 is 11.2. The summed E-state index contributed by atoms with van der Waals surface area (Å²) in [6.07, 6.45) is 2.46. The molecular weight excluding hydrogens is 334 g/mol. The van der Waals surface area contributed by atoms with Gasteiger partial charge in [-0.1, -0.05) is 18.9 Å². The number of benzene rings is 1. The fraction of sp³-hybridized carbons (Fsp3) is 0.650. The van der Waals surface area contributed by atoms with Crippen molar-refractivity contribution in [2.24, 2.45) is 11.3 Å². The third kappa shape index (κ3) is 4.13. The molecule has 1 aromatic rings. The van der Waals surface area contributed by atoms with Crippen LogP contribution in [0, 0.1) is 18.3 Å². The highest BCUT2D eigenvalue weighted by Gasteiger charge is 2.51. The number of nitrogens with zero attached hydrogens (tertiary/aromatic N) is 1. The summed E-state index contributed by atoms with van der Waals surface area (Å²) in [5, 5.41) is 20.2. The Morgan fingerprint density at radius 2 is 2.08 bits per heavy atom. The number of carboxylic acid groups (broad SMARTS) is 1. The molecule has 2 aliphatic rings. The zero-order valence-electron chi connectivity index (χ0n) is 15.6. The van der Waals surface area contributed by atoms with Gasteiger partial charge in [0.2, 0.25) is 0 Å². The fourth-order valence-electron chi connectivity index (χ4n) is 3.87. The lowest BCUT2D eigenvalue weighted by molar-refractivity contribution is -0.165. The molecule has 3 rings (SSSR count). The number of aliphatic hydroxyl groups is 1. The molecule has 0 bridgehead atoms. The van der Waals surface area contributed by atoms with E-state index in [9.17, 15) is 15.0 Å². The summed E-state index contributed by atoms with van der Waals surface area (Å²) in [5.41, 5.74) is 0.0616. The second-order valence-electron chi connectivity index (χ2n) is 7.69. The minimum Gasteiger partial charge on any atom is -0.493 e. The van der Waals surface area contributed by atoms with Gasteiger partial charge >= 0.3 is 5.97 Å². The predicted molar refractivity (Wildman–Crippen MR) is 97.7 cm³/mol. The minimum atomic E-state index is -1.04. The van der Waals surface area contributed by atoms with E-state index in [2.05, 4.69) is 4.90 Å². The summed E-state index contributed by atoms with van der Waals surface area (Å²) in [7, 11) is 1.62. The Bertz CT molecular complexity index is 645. The van der Waals surface area contributed by atoms with Crippen molar-refractivity contribution in [1.82, 2.24) is 4.90 Å². The first kappa shape index (κ1) is 19.0. The van der Waals surface area contributed by atoms with Gasteiger partial charge in [0, 0.05) is 19.6 Å².